The van der Waals surface area contributed by atoms with E-state index >= 15 is 0 Å². The molecule has 0 aromatic carbocycles. The van der Waals surface area contributed by atoms with Gasteiger partial charge in [-0.25, -0.2) is 5.32 Å². The van der Waals surface area contributed by atoms with Gasteiger partial charge in [0.2, 0.25) is 11.8 Å². The van der Waals surface area contributed by atoms with Gasteiger partial charge in [0.25, 0.3) is 0 Å². The van der Waals surface area contributed by atoms with E-state index in [0.29, 0.717) is 13.2 Å². The monoisotopic (exact) mass is 413 g/mol. The number of nitrogens with one attached hydrogen (secondary N) is 1. The molecule has 0 saturated heterocycles. The molecule has 0 amide bonds. The summed E-state index contributed by atoms with van der Waals surface area (Å²) >= 11 is 0. The van der Waals surface area contributed by atoms with Gasteiger partial charge in [-0.2, -0.15) is 0 Å². The lowest BCUT2D eigenvalue weighted by atomic mass is 9.86. The second-order valence-corrected chi connectivity index (χ2v) is 9.22. The third-order valence-corrected chi connectivity index (χ3v) is 6.82. The first-order valence-electron chi connectivity index (χ1n) is 12.3. The quantitative estimate of drug-likeness (QED) is 0.400. The van der Waals surface area contributed by atoms with Crippen LogP contribution < -0.4 is 5.32 Å². The van der Waals surface area contributed by atoms with E-state index in [4.69, 9.17) is 18.9 Å². The molecule has 2 unspecified atom stereocenters. The summed E-state index contributed by atoms with van der Waals surface area (Å²) in [5.74, 6) is -0.167. The summed E-state index contributed by atoms with van der Waals surface area (Å²) in [6, 6.07) is 0. The largest absolute Gasteiger partial charge is 0.338 e. The minimum absolute atomic E-state index is 0.215. The van der Waals surface area contributed by atoms with Crippen LogP contribution in [0.1, 0.15) is 106 Å². The van der Waals surface area contributed by atoms with Crippen molar-refractivity contribution in [3.8, 4) is 0 Å². The molecule has 0 radical (unpaired) electrons. The van der Waals surface area contributed by atoms with E-state index in [2.05, 4.69) is 19.2 Å². The predicted octanol–water partition coefficient (Wildman–Crippen LogP) is 5.97. The molecule has 2 saturated carbocycles. The van der Waals surface area contributed by atoms with Crippen LogP contribution in [0.2, 0.25) is 0 Å². The Morgan fingerprint density at radius 2 is 0.966 bits per heavy atom. The molecule has 0 aromatic rings. The van der Waals surface area contributed by atoms with E-state index in [-0.39, 0.29) is 12.2 Å². The molecule has 5 nitrogen and oxygen atoms in total. The molecule has 2 atom stereocenters. The van der Waals surface area contributed by atoms with Crippen LogP contribution in [0.4, 0.5) is 0 Å². The Hall–Kier alpha value is -0.200. The summed E-state index contributed by atoms with van der Waals surface area (Å²) in [6.45, 7) is 13.7. The highest BCUT2D eigenvalue weighted by atomic mass is 16.8. The highest BCUT2D eigenvalue weighted by molar-refractivity contribution is 4.79. The third kappa shape index (κ3) is 8.10. The van der Waals surface area contributed by atoms with Gasteiger partial charge in [0, 0.05) is 27.1 Å². The van der Waals surface area contributed by atoms with Crippen molar-refractivity contribution in [2.75, 3.05) is 13.2 Å². The van der Waals surface area contributed by atoms with Gasteiger partial charge in [0.1, 0.15) is 0 Å². The lowest BCUT2D eigenvalue weighted by molar-refractivity contribution is -0.350. The van der Waals surface area contributed by atoms with E-state index in [9.17, 15) is 0 Å². The zero-order chi connectivity index (χ0) is 21.3. The SMILES string of the molecule is CCOC(C)(NC(C)(OCC)OC1CCC(CC)CC1)OC1CCC(CC)CC1. The average Bonchev–Trinajstić information content (AvgIpc) is 2.69. The van der Waals surface area contributed by atoms with Gasteiger partial charge in [-0.15, -0.1) is 0 Å². The highest BCUT2D eigenvalue weighted by Gasteiger charge is 2.41. The summed E-state index contributed by atoms with van der Waals surface area (Å²) in [5, 5.41) is 3.46. The molecule has 2 aliphatic rings. The first kappa shape index (κ1) is 25.1. The van der Waals surface area contributed by atoms with Gasteiger partial charge in [-0.3, -0.25) is 0 Å². The second-order valence-electron chi connectivity index (χ2n) is 9.22. The van der Waals surface area contributed by atoms with Crippen molar-refractivity contribution >= 4 is 0 Å². The second kappa shape index (κ2) is 12.0. The molecule has 29 heavy (non-hydrogen) atoms. The summed E-state index contributed by atoms with van der Waals surface area (Å²) in [6.07, 6.45) is 12.3. The summed E-state index contributed by atoms with van der Waals surface area (Å²) in [7, 11) is 0. The molecule has 0 heterocycles. The molecule has 0 aromatic heterocycles. The fraction of sp³-hybridized carbons (Fsp3) is 1.00. The maximum absolute atomic E-state index is 6.48. The van der Waals surface area contributed by atoms with Gasteiger partial charge < -0.3 is 18.9 Å². The fourth-order valence-corrected chi connectivity index (χ4v) is 5.11. The molecule has 2 fully saturated rings. The van der Waals surface area contributed by atoms with Crippen LogP contribution in [0.15, 0.2) is 0 Å². The zero-order valence-electron chi connectivity index (χ0n) is 19.9. The van der Waals surface area contributed by atoms with E-state index in [0.717, 1.165) is 37.5 Å². The van der Waals surface area contributed by atoms with Crippen LogP contribution in [0.25, 0.3) is 0 Å². The smallest absolute Gasteiger partial charge is 0.228 e. The van der Waals surface area contributed by atoms with Crippen LogP contribution in [-0.2, 0) is 18.9 Å². The lowest BCUT2D eigenvalue weighted by Crippen LogP contribution is -2.62. The van der Waals surface area contributed by atoms with Crippen molar-refractivity contribution in [2.24, 2.45) is 11.8 Å². The van der Waals surface area contributed by atoms with Crippen LogP contribution in [0.5, 0.6) is 0 Å². The van der Waals surface area contributed by atoms with Crippen LogP contribution in [0, 0.1) is 11.8 Å². The Balaban J connectivity index is 1.99. The minimum atomic E-state index is -0.928. The summed E-state index contributed by atoms with van der Waals surface area (Å²) in [4.78, 5) is 0. The van der Waals surface area contributed by atoms with Gasteiger partial charge in [0.05, 0.1) is 12.2 Å². The minimum Gasteiger partial charge on any atom is -0.338 e. The van der Waals surface area contributed by atoms with Crippen molar-refractivity contribution in [3.63, 3.8) is 0 Å². The Kier molecular flexibility index (Phi) is 10.4. The first-order valence-corrected chi connectivity index (χ1v) is 12.3. The predicted molar refractivity (Wildman–Crippen MR) is 117 cm³/mol. The number of hydrogen-bond donors (Lipinski definition) is 1. The fourth-order valence-electron chi connectivity index (χ4n) is 5.11. The number of ether oxygens (including phenoxy) is 4. The Morgan fingerprint density at radius 1 is 0.621 bits per heavy atom. The maximum atomic E-state index is 6.48. The molecule has 0 bridgehead atoms. The molecule has 2 aliphatic carbocycles. The summed E-state index contributed by atoms with van der Waals surface area (Å²) < 4.78 is 25.1. The maximum Gasteiger partial charge on any atom is 0.228 e. The van der Waals surface area contributed by atoms with E-state index in [1.54, 1.807) is 0 Å². The van der Waals surface area contributed by atoms with Crippen LogP contribution in [-0.4, -0.2) is 37.2 Å². The number of hydrogen-bond acceptors (Lipinski definition) is 5. The average molecular weight is 414 g/mol. The molecular formula is C24H47NO4. The molecule has 1 N–H and O–H groups in total. The van der Waals surface area contributed by atoms with E-state index < -0.39 is 11.8 Å². The number of rotatable bonds is 12. The van der Waals surface area contributed by atoms with Crippen molar-refractivity contribution in [3.05, 3.63) is 0 Å². The van der Waals surface area contributed by atoms with Crippen LogP contribution in [0.3, 0.4) is 0 Å². The van der Waals surface area contributed by atoms with Gasteiger partial charge in [0.15, 0.2) is 0 Å². The first-order chi connectivity index (χ1) is 13.8. The highest BCUT2D eigenvalue weighted by Crippen LogP contribution is 2.33. The lowest BCUT2D eigenvalue weighted by Gasteiger charge is -2.44. The van der Waals surface area contributed by atoms with Crippen molar-refractivity contribution in [2.45, 2.75) is 130 Å². The molecule has 2 rings (SSSR count). The molecule has 0 aliphatic heterocycles. The topological polar surface area (TPSA) is 49.0 Å². The summed E-state index contributed by atoms with van der Waals surface area (Å²) in [5.41, 5.74) is 0. The normalized spacial score (nSPS) is 32.5. The van der Waals surface area contributed by atoms with Crippen LogP contribution >= 0.6 is 0 Å². The van der Waals surface area contributed by atoms with E-state index in [1.165, 1.54) is 38.5 Å². The van der Waals surface area contributed by atoms with Crippen molar-refractivity contribution in [1.29, 1.82) is 0 Å². The zero-order valence-corrected chi connectivity index (χ0v) is 19.9. The van der Waals surface area contributed by atoms with Gasteiger partial charge in [-0.05, 0) is 77.0 Å². The third-order valence-electron chi connectivity index (χ3n) is 6.82. The van der Waals surface area contributed by atoms with Crippen molar-refractivity contribution < 1.29 is 18.9 Å². The molecule has 172 valence electrons. The Morgan fingerprint density at radius 3 is 1.24 bits per heavy atom. The van der Waals surface area contributed by atoms with Crippen molar-refractivity contribution in [1.82, 2.24) is 5.32 Å². The molecule has 0 spiro atoms. The Bertz CT molecular complexity index is 406. The van der Waals surface area contributed by atoms with Gasteiger partial charge >= 0.3 is 0 Å². The standard InChI is InChI=1S/C24H47NO4/c1-7-19-11-15-21(16-12-19)28-23(5,26-9-3)25-24(6,27-10-4)29-22-17-13-20(8-2)14-18-22/h19-22,25H,7-18H2,1-6H3. The Labute approximate surface area is 179 Å². The van der Waals surface area contributed by atoms with E-state index in [1.807, 2.05) is 27.7 Å². The molecular weight excluding hydrogens is 366 g/mol. The van der Waals surface area contributed by atoms with Gasteiger partial charge in [-0.1, -0.05) is 26.7 Å². The molecule has 5 heteroatoms.